The summed E-state index contributed by atoms with van der Waals surface area (Å²) in [5, 5.41) is 0. The summed E-state index contributed by atoms with van der Waals surface area (Å²) in [4.78, 5) is 23.9. The fourth-order valence-electron chi connectivity index (χ4n) is 2.32. The summed E-state index contributed by atoms with van der Waals surface area (Å²) < 4.78 is 23.8. The summed E-state index contributed by atoms with van der Waals surface area (Å²) >= 11 is 0. The van der Waals surface area contributed by atoms with E-state index < -0.39 is 17.8 Å². The van der Waals surface area contributed by atoms with Crippen molar-refractivity contribution in [1.82, 2.24) is 10.9 Å². The smallest absolute Gasteiger partial charge is 0.279 e. The Bertz CT molecular complexity index is 765. The van der Waals surface area contributed by atoms with Gasteiger partial charge in [-0.15, -0.1) is 0 Å². The predicted molar refractivity (Wildman–Crippen MR) is 98.7 cm³/mol. The molecule has 0 saturated heterocycles. The van der Waals surface area contributed by atoms with Gasteiger partial charge in [0.05, 0.1) is 6.61 Å². The van der Waals surface area contributed by atoms with Gasteiger partial charge in [0.25, 0.3) is 5.91 Å². The molecule has 1 atom stereocenters. The molecule has 2 aromatic carbocycles. The summed E-state index contributed by atoms with van der Waals surface area (Å²) in [5.74, 6) is -0.125. The number of ether oxygens (including phenoxy) is 2. The standard InChI is InChI=1S/C20H23FN2O4/c1-3-26-18-7-5-4-6-15(18)8-13-19(24)22-23-20(25)14(2)27-17-11-9-16(21)10-12-17/h4-7,9-12,14H,3,8,13H2,1-2H3,(H,22,24)(H,23,25). The first-order valence-corrected chi connectivity index (χ1v) is 8.71. The van der Waals surface area contributed by atoms with Crippen molar-refractivity contribution in [3.05, 3.63) is 59.9 Å². The number of amides is 2. The Morgan fingerprint density at radius 2 is 1.78 bits per heavy atom. The van der Waals surface area contributed by atoms with E-state index in [1.807, 2.05) is 31.2 Å². The molecular formula is C20H23FN2O4. The Kier molecular flexibility index (Phi) is 7.61. The summed E-state index contributed by atoms with van der Waals surface area (Å²) in [6.07, 6.45) is -0.175. The van der Waals surface area contributed by atoms with Gasteiger partial charge in [0.15, 0.2) is 6.10 Å². The highest BCUT2D eigenvalue weighted by Crippen LogP contribution is 2.19. The van der Waals surface area contributed by atoms with Crippen LogP contribution in [0.25, 0.3) is 0 Å². The Labute approximate surface area is 157 Å². The van der Waals surface area contributed by atoms with Crippen LogP contribution in [-0.2, 0) is 16.0 Å². The minimum absolute atomic E-state index is 0.192. The van der Waals surface area contributed by atoms with Crippen molar-refractivity contribution in [1.29, 1.82) is 0 Å². The van der Waals surface area contributed by atoms with Gasteiger partial charge in [0.2, 0.25) is 5.91 Å². The van der Waals surface area contributed by atoms with E-state index in [0.29, 0.717) is 18.8 Å². The number of hydrazine groups is 1. The van der Waals surface area contributed by atoms with Gasteiger partial charge in [0, 0.05) is 6.42 Å². The third-order valence-corrected chi connectivity index (χ3v) is 3.71. The van der Waals surface area contributed by atoms with Gasteiger partial charge < -0.3 is 9.47 Å². The SMILES string of the molecule is CCOc1ccccc1CCC(=O)NNC(=O)C(C)Oc1ccc(F)cc1. The number of para-hydroxylation sites is 1. The van der Waals surface area contributed by atoms with E-state index in [-0.39, 0.29) is 12.3 Å². The Balaban J connectivity index is 1.76. The zero-order valence-corrected chi connectivity index (χ0v) is 15.3. The summed E-state index contributed by atoms with van der Waals surface area (Å²) in [5.41, 5.74) is 5.61. The first kappa shape index (κ1) is 20.2. The van der Waals surface area contributed by atoms with Crippen LogP contribution < -0.4 is 20.3 Å². The molecule has 0 fully saturated rings. The van der Waals surface area contributed by atoms with Gasteiger partial charge in [-0.25, -0.2) is 4.39 Å². The monoisotopic (exact) mass is 374 g/mol. The Hall–Kier alpha value is -3.09. The number of hydrogen-bond donors (Lipinski definition) is 2. The van der Waals surface area contributed by atoms with Crippen molar-refractivity contribution in [2.75, 3.05) is 6.61 Å². The minimum Gasteiger partial charge on any atom is -0.494 e. The molecule has 0 aliphatic carbocycles. The van der Waals surface area contributed by atoms with Crippen molar-refractivity contribution in [3.63, 3.8) is 0 Å². The summed E-state index contributed by atoms with van der Waals surface area (Å²) in [6, 6.07) is 12.8. The lowest BCUT2D eigenvalue weighted by molar-refractivity contribution is -0.132. The molecule has 0 bridgehead atoms. The van der Waals surface area contributed by atoms with Crippen LogP contribution >= 0.6 is 0 Å². The minimum atomic E-state index is -0.852. The first-order valence-electron chi connectivity index (χ1n) is 8.71. The number of carbonyl (C=O) groups excluding carboxylic acids is 2. The van der Waals surface area contributed by atoms with Crippen molar-refractivity contribution < 1.29 is 23.5 Å². The van der Waals surface area contributed by atoms with Crippen LogP contribution in [0.3, 0.4) is 0 Å². The lowest BCUT2D eigenvalue weighted by Crippen LogP contribution is -2.47. The third-order valence-electron chi connectivity index (χ3n) is 3.71. The first-order chi connectivity index (χ1) is 13.0. The second-order valence-corrected chi connectivity index (χ2v) is 5.79. The number of rotatable bonds is 8. The van der Waals surface area contributed by atoms with Crippen LogP contribution in [0.4, 0.5) is 4.39 Å². The predicted octanol–water partition coefficient (Wildman–Crippen LogP) is 2.77. The summed E-state index contributed by atoms with van der Waals surface area (Å²) in [6.45, 7) is 3.97. The van der Waals surface area contributed by atoms with E-state index in [1.165, 1.54) is 31.2 Å². The van der Waals surface area contributed by atoms with E-state index in [4.69, 9.17) is 9.47 Å². The molecule has 0 aliphatic rings. The second kappa shape index (κ2) is 10.2. The lowest BCUT2D eigenvalue weighted by atomic mass is 10.1. The molecule has 0 heterocycles. The lowest BCUT2D eigenvalue weighted by Gasteiger charge is -2.15. The van der Waals surface area contributed by atoms with Crippen LogP contribution in [0.2, 0.25) is 0 Å². The average molecular weight is 374 g/mol. The molecule has 0 radical (unpaired) electrons. The van der Waals surface area contributed by atoms with Crippen LogP contribution in [0.5, 0.6) is 11.5 Å². The normalized spacial score (nSPS) is 11.4. The van der Waals surface area contributed by atoms with Crippen LogP contribution in [0, 0.1) is 5.82 Å². The molecule has 7 heteroatoms. The highest BCUT2D eigenvalue weighted by Gasteiger charge is 2.15. The van der Waals surface area contributed by atoms with Gasteiger partial charge >= 0.3 is 0 Å². The van der Waals surface area contributed by atoms with Crippen molar-refractivity contribution in [2.45, 2.75) is 32.8 Å². The van der Waals surface area contributed by atoms with E-state index in [1.54, 1.807) is 0 Å². The molecule has 2 rings (SSSR count). The molecule has 2 aromatic rings. The quantitative estimate of drug-likeness (QED) is 0.697. The maximum Gasteiger partial charge on any atom is 0.279 e. The van der Waals surface area contributed by atoms with E-state index in [9.17, 15) is 14.0 Å². The molecule has 0 saturated carbocycles. The van der Waals surface area contributed by atoms with Gasteiger partial charge in [-0.3, -0.25) is 20.4 Å². The van der Waals surface area contributed by atoms with Crippen molar-refractivity contribution in [2.24, 2.45) is 0 Å². The molecule has 1 unspecified atom stereocenters. The zero-order chi connectivity index (χ0) is 19.6. The third kappa shape index (κ3) is 6.62. The zero-order valence-electron chi connectivity index (χ0n) is 15.3. The molecule has 27 heavy (non-hydrogen) atoms. The number of halogens is 1. The highest BCUT2D eigenvalue weighted by molar-refractivity contribution is 5.84. The maximum atomic E-state index is 12.9. The van der Waals surface area contributed by atoms with Gasteiger partial charge in [-0.05, 0) is 56.2 Å². The van der Waals surface area contributed by atoms with Crippen LogP contribution in [-0.4, -0.2) is 24.5 Å². The molecule has 2 N–H and O–H groups in total. The Morgan fingerprint density at radius 3 is 2.48 bits per heavy atom. The Morgan fingerprint density at radius 1 is 1.07 bits per heavy atom. The largest absolute Gasteiger partial charge is 0.494 e. The topological polar surface area (TPSA) is 76.7 Å². The van der Waals surface area contributed by atoms with Gasteiger partial charge in [-0.1, -0.05) is 18.2 Å². The van der Waals surface area contributed by atoms with Gasteiger partial charge in [-0.2, -0.15) is 0 Å². The number of aryl methyl sites for hydroxylation is 1. The number of carbonyl (C=O) groups is 2. The molecular weight excluding hydrogens is 351 g/mol. The highest BCUT2D eigenvalue weighted by atomic mass is 19.1. The molecule has 144 valence electrons. The summed E-state index contributed by atoms with van der Waals surface area (Å²) in [7, 11) is 0. The fourth-order valence-corrected chi connectivity index (χ4v) is 2.32. The van der Waals surface area contributed by atoms with Crippen molar-refractivity contribution in [3.8, 4) is 11.5 Å². The second-order valence-electron chi connectivity index (χ2n) is 5.79. The number of hydrogen-bond acceptors (Lipinski definition) is 4. The average Bonchev–Trinajstić information content (AvgIpc) is 2.67. The van der Waals surface area contributed by atoms with E-state index >= 15 is 0 Å². The van der Waals surface area contributed by atoms with Crippen molar-refractivity contribution >= 4 is 11.8 Å². The maximum absolute atomic E-state index is 12.9. The molecule has 6 nitrogen and oxygen atoms in total. The molecule has 0 spiro atoms. The van der Waals surface area contributed by atoms with E-state index in [0.717, 1.165) is 11.3 Å². The molecule has 2 amide bonds. The molecule has 0 aliphatic heterocycles. The van der Waals surface area contributed by atoms with Crippen LogP contribution in [0.1, 0.15) is 25.8 Å². The van der Waals surface area contributed by atoms with Crippen LogP contribution in [0.15, 0.2) is 48.5 Å². The molecule has 0 aromatic heterocycles. The van der Waals surface area contributed by atoms with E-state index in [2.05, 4.69) is 10.9 Å². The van der Waals surface area contributed by atoms with Gasteiger partial charge in [0.1, 0.15) is 17.3 Å². The number of benzene rings is 2. The fraction of sp³-hybridized carbons (Fsp3) is 0.300. The number of nitrogens with one attached hydrogen (secondary N) is 2.